The molecule has 5 nitrogen and oxygen atoms in total. The molecule has 17 heavy (non-hydrogen) atoms. The minimum Gasteiger partial charge on any atom is -0.379 e. The standard InChI is InChI=1S/C11H17N3O2S/c1-17(15,16)14-11-5-3-2-4-10(11)13-9-6-7-12-8-9/h2-5,9,12-14H,6-8H2,1H3. The maximum Gasteiger partial charge on any atom is 0.229 e. The van der Waals surface area contributed by atoms with Gasteiger partial charge in [-0.3, -0.25) is 4.72 Å². The van der Waals surface area contributed by atoms with Gasteiger partial charge in [-0.25, -0.2) is 8.42 Å². The Morgan fingerprint density at radius 3 is 2.59 bits per heavy atom. The first-order valence-corrected chi connectivity index (χ1v) is 7.48. The lowest BCUT2D eigenvalue weighted by Crippen LogP contribution is -2.23. The van der Waals surface area contributed by atoms with Crippen molar-refractivity contribution in [3.63, 3.8) is 0 Å². The highest BCUT2D eigenvalue weighted by molar-refractivity contribution is 7.92. The zero-order valence-corrected chi connectivity index (χ0v) is 10.5. The normalized spacial score (nSPS) is 20.2. The summed E-state index contributed by atoms with van der Waals surface area (Å²) in [6.07, 6.45) is 2.20. The number of rotatable bonds is 4. The Morgan fingerprint density at radius 1 is 1.29 bits per heavy atom. The zero-order valence-electron chi connectivity index (χ0n) is 9.73. The molecule has 0 radical (unpaired) electrons. The van der Waals surface area contributed by atoms with Gasteiger partial charge in [0.15, 0.2) is 0 Å². The molecule has 0 spiro atoms. The number of hydrogen-bond acceptors (Lipinski definition) is 4. The van der Waals surface area contributed by atoms with E-state index in [0.29, 0.717) is 11.7 Å². The van der Waals surface area contributed by atoms with Gasteiger partial charge in [0.05, 0.1) is 17.6 Å². The van der Waals surface area contributed by atoms with Crippen molar-refractivity contribution in [2.45, 2.75) is 12.5 Å². The third-order valence-electron chi connectivity index (χ3n) is 2.64. The number of sulfonamides is 1. The first-order valence-electron chi connectivity index (χ1n) is 5.59. The van der Waals surface area contributed by atoms with Crippen LogP contribution in [0.3, 0.4) is 0 Å². The van der Waals surface area contributed by atoms with Crippen molar-refractivity contribution in [1.82, 2.24) is 5.32 Å². The van der Waals surface area contributed by atoms with Gasteiger partial charge < -0.3 is 10.6 Å². The third kappa shape index (κ3) is 3.61. The van der Waals surface area contributed by atoms with Gasteiger partial charge in [-0.05, 0) is 25.1 Å². The molecule has 0 bridgehead atoms. The van der Waals surface area contributed by atoms with Crippen LogP contribution in [0.2, 0.25) is 0 Å². The van der Waals surface area contributed by atoms with E-state index in [2.05, 4.69) is 15.4 Å². The van der Waals surface area contributed by atoms with Crippen LogP contribution in [0.1, 0.15) is 6.42 Å². The Hall–Kier alpha value is -1.27. The Balaban J connectivity index is 2.15. The van der Waals surface area contributed by atoms with E-state index in [1.54, 1.807) is 6.07 Å². The lowest BCUT2D eigenvalue weighted by Gasteiger charge is -2.16. The first-order chi connectivity index (χ1) is 8.04. The molecule has 1 aliphatic heterocycles. The van der Waals surface area contributed by atoms with Crippen LogP contribution in [-0.2, 0) is 10.0 Å². The van der Waals surface area contributed by atoms with Crippen molar-refractivity contribution < 1.29 is 8.42 Å². The topological polar surface area (TPSA) is 70.2 Å². The molecule has 1 heterocycles. The minimum atomic E-state index is -3.24. The van der Waals surface area contributed by atoms with E-state index in [1.807, 2.05) is 18.2 Å². The van der Waals surface area contributed by atoms with Crippen molar-refractivity contribution in [3.05, 3.63) is 24.3 Å². The summed E-state index contributed by atoms with van der Waals surface area (Å²) in [5.74, 6) is 0. The Morgan fingerprint density at radius 2 is 2.00 bits per heavy atom. The number of benzene rings is 1. The molecule has 1 aromatic rings. The molecule has 6 heteroatoms. The summed E-state index contributed by atoms with van der Waals surface area (Å²) in [6, 6.07) is 7.69. The van der Waals surface area contributed by atoms with Gasteiger partial charge >= 0.3 is 0 Å². The van der Waals surface area contributed by atoms with Crippen LogP contribution in [0.5, 0.6) is 0 Å². The molecular formula is C11H17N3O2S. The van der Waals surface area contributed by atoms with Crippen molar-refractivity contribution in [2.24, 2.45) is 0 Å². The molecule has 1 aliphatic rings. The highest BCUT2D eigenvalue weighted by Gasteiger charge is 2.15. The molecule has 0 saturated carbocycles. The van der Waals surface area contributed by atoms with E-state index in [9.17, 15) is 8.42 Å². The number of anilines is 2. The van der Waals surface area contributed by atoms with Gasteiger partial charge in [-0.15, -0.1) is 0 Å². The Kier molecular flexibility index (Phi) is 3.54. The van der Waals surface area contributed by atoms with E-state index >= 15 is 0 Å². The quantitative estimate of drug-likeness (QED) is 0.745. The van der Waals surface area contributed by atoms with Crippen molar-refractivity contribution >= 4 is 21.4 Å². The molecule has 0 aromatic heterocycles. The van der Waals surface area contributed by atoms with Crippen molar-refractivity contribution in [3.8, 4) is 0 Å². The molecule has 1 fully saturated rings. The van der Waals surface area contributed by atoms with Crippen LogP contribution in [0.25, 0.3) is 0 Å². The highest BCUT2D eigenvalue weighted by Crippen LogP contribution is 2.23. The lowest BCUT2D eigenvalue weighted by molar-refractivity contribution is 0.607. The maximum absolute atomic E-state index is 11.2. The van der Waals surface area contributed by atoms with Gasteiger partial charge in [-0.2, -0.15) is 0 Å². The van der Waals surface area contributed by atoms with Gasteiger partial charge in [0.25, 0.3) is 0 Å². The average molecular weight is 255 g/mol. The van der Waals surface area contributed by atoms with Gasteiger partial charge in [0.1, 0.15) is 0 Å². The van der Waals surface area contributed by atoms with E-state index < -0.39 is 10.0 Å². The monoisotopic (exact) mass is 255 g/mol. The van der Waals surface area contributed by atoms with Gasteiger partial charge in [0.2, 0.25) is 10.0 Å². The molecule has 1 aromatic carbocycles. The van der Waals surface area contributed by atoms with Crippen LogP contribution < -0.4 is 15.4 Å². The van der Waals surface area contributed by atoms with Crippen LogP contribution in [0.15, 0.2) is 24.3 Å². The number of para-hydroxylation sites is 2. The van der Waals surface area contributed by atoms with E-state index in [0.717, 1.165) is 31.5 Å². The highest BCUT2D eigenvalue weighted by atomic mass is 32.2. The Bertz CT molecular complexity index is 481. The van der Waals surface area contributed by atoms with Crippen LogP contribution >= 0.6 is 0 Å². The summed E-state index contributed by atoms with van der Waals surface area (Å²) < 4.78 is 25.0. The summed E-state index contributed by atoms with van der Waals surface area (Å²) in [4.78, 5) is 0. The maximum atomic E-state index is 11.2. The molecule has 94 valence electrons. The fraction of sp³-hybridized carbons (Fsp3) is 0.455. The predicted octanol–water partition coefficient (Wildman–Crippen LogP) is 0.832. The number of nitrogens with one attached hydrogen (secondary N) is 3. The van der Waals surface area contributed by atoms with E-state index in [4.69, 9.17) is 0 Å². The summed E-state index contributed by atoms with van der Waals surface area (Å²) in [6.45, 7) is 1.91. The van der Waals surface area contributed by atoms with Crippen LogP contribution in [0, 0.1) is 0 Å². The van der Waals surface area contributed by atoms with Crippen LogP contribution in [-0.4, -0.2) is 33.8 Å². The second-order valence-electron chi connectivity index (χ2n) is 4.25. The molecule has 2 rings (SSSR count). The summed E-state index contributed by atoms with van der Waals surface area (Å²) in [5.41, 5.74) is 1.42. The fourth-order valence-corrected chi connectivity index (χ4v) is 2.47. The summed E-state index contributed by atoms with van der Waals surface area (Å²) >= 11 is 0. The molecular weight excluding hydrogens is 238 g/mol. The lowest BCUT2D eigenvalue weighted by atomic mass is 10.2. The second-order valence-corrected chi connectivity index (χ2v) is 6.00. The van der Waals surface area contributed by atoms with Crippen molar-refractivity contribution in [1.29, 1.82) is 0 Å². The Labute approximate surface area is 102 Å². The third-order valence-corrected chi connectivity index (χ3v) is 3.23. The summed E-state index contributed by atoms with van der Waals surface area (Å²) in [5, 5.41) is 6.60. The molecule has 0 amide bonds. The van der Waals surface area contributed by atoms with Gasteiger partial charge in [-0.1, -0.05) is 12.1 Å². The average Bonchev–Trinajstić information content (AvgIpc) is 2.71. The first kappa shape index (κ1) is 12.2. The smallest absolute Gasteiger partial charge is 0.229 e. The fourth-order valence-electron chi connectivity index (χ4n) is 1.90. The summed E-state index contributed by atoms with van der Waals surface area (Å²) in [7, 11) is -3.24. The molecule has 1 unspecified atom stereocenters. The second kappa shape index (κ2) is 4.93. The van der Waals surface area contributed by atoms with Crippen LogP contribution in [0.4, 0.5) is 11.4 Å². The van der Waals surface area contributed by atoms with E-state index in [1.165, 1.54) is 0 Å². The van der Waals surface area contributed by atoms with E-state index in [-0.39, 0.29) is 0 Å². The largest absolute Gasteiger partial charge is 0.379 e. The predicted molar refractivity (Wildman–Crippen MR) is 69.8 cm³/mol. The minimum absolute atomic E-state index is 0.359. The molecule has 0 aliphatic carbocycles. The SMILES string of the molecule is CS(=O)(=O)Nc1ccccc1NC1CCNC1. The molecule has 1 saturated heterocycles. The molecule has 3 N–H and O–H groups in total. The molecule has 1 atom stereocenters. The number of hydrogen-bond donors (Lipinski definition) is 3. The zero-order chi connectivity index (χ0) is 12.3. The van der Waals surface area contributed by atoms with Crippen molar-refractivity contribution in [2.75, 3.05) is 29.4 Å². The van der Waals surface area contributed by atoms with Gasteiger partial charge in [0, 0.05) is 12.6 Å².